The molecule has 26 heavy (non-hydrogen) atoms. The molecule has 4 heteroatoms. The number of hydrogen-bond donors (Lipinski definition) is 2. The van der Waals surface area contributed by atoms with Crippen LogP contribution in [0.2, 0.25) is 0 Å². The van der Waals surface area contributed by atoms with Crippen LogP contribution in [0, 0.1) is 6.92 Å². The van der Waals surface area contributed by atoms with Crippen molar-refractivity contribution in [2.45, 2.75) is 51.7 Å². The fraction of sp³-hybridized carbons (Fsp3) is 0.500. The molecule has 0 spiro atoms. The predicted octanol–water partition coefficient (Wildman–Crippen LogP) is 3.21. The van der Waals surface area contributed by atoms with Crippen LogP contribution in [-0.2, 0) is 13.0 Å². The number of unbranched alkanes of at least 4 members (excludes halogenated alkanes) is 1. The van der Waals surface area contributed by atoms with Crippen LogP contribution in [0.3, 0.4) is 0 Å². The summed E-state index contributed by atoms with van der Waals surface area (Å²) in [6.45, 7) is 8.28. The van der Waals surface area contributed by atoms with Gasteiger partial charge in [0.05, 0.1) is 5.69 Å². The van der Waals surface area contributed by atoms with Gasteiger partial charge in [-0.2, -0.15) is 0 Å². The summed E-state index contributed by atoms with van der Waals surface area (Å²) in [6.07, 6.45) is 5.21. The zero-order valence-electron chi connectivity index (χ0n) is 16.1. The van der Waals surface area contributed by atoms with Gasteiger partial charge in [0, 0.05) is 31.4 Å². The molecule has 0 unspecified atom stereocenters. The number of pyridine rings is 1. The molecule has 2 aromatic rings. The average molecular weight is 353 g/mol. The van der Waals surface area contributed by atoms with Gasteiger partial charge in [-0.3, -0.25) is 9.88 Å². The third-order valence-corrected chi connectivity index (χ3v) is 5.51. The van der Waals surface area contributed by atoms with Gasteiger partial charge >= 0.3 is 0 Å². The highest BCUT2D eigenvalue weighted by Crippen LogP contribution is 2.24. The number of aromatic nitrogens is 1. The minimum atomic E-state index is 0.313. The number of fused-ring (bicyclic) bond motifs is 1. The minimum Gasteiger partial charge on any atom is -0.330 e. The van der Waals surface area contributed by atoms with E-state index in [1.807, 2.05) is 12.3 Å². The van der Waals surface area contributed by atoms with Gasteiger partial charge < -0.3 is 11.1 Å². The summed E-state index contributed by atoms with van der Waals surface area (Å²) in [5, 5.41) is 3.73. The molecule has 0 amide bonds. The van der Waals surface area contributed by atoms with Crippen LogP contribution < -0.4 is 11.1 Å². The van der Waals surface area contributed by atoms with Gasteiger partial charge in [0.2, 0.25) is 0 Å². The van der Waals surface area contributed by atoms with Crippen LogP contribution in [0.15, 0.2) is 42.6 Å². The molecular weight excluding hydrogens is 320 g/mol. The first-order valence-electron chi connectivity index (χ1n) is 9.85. The largest absolute Gasteiger partial charge is 0.330 e. The van der Waals surface area contributed by atoms with Crippen molar-refractivity contribution in [3.63, 3.8) is 0 Å². The molecule has 0 bridgehead atoms. The van der Waals surface area contributed by atoms with E-state index in [2.05, 4.69) is 59.4 Å². The molecule has 0 saturated carbocycles. The lowest BCUT2D eigenvalue weighted by Crippen LogP contribution is -2.46. The van der Waals surface area contributed by atoms with Gasteiger partial charge in [-0.1, -0.05) is 30.3 Å². The Balaban J connectivity index is 1.71. The average Bonchev–Trinajstić information content (AvgIpc) is 2.67. The van der Waals surface area contributed by atoms with E-state index in [1.54, 1.807) is 0 Å². The van der Waals surface area contributed by atoms with Crippen molar-refractivity contribution in [2.75, 3.05) is 19.6 Å². The predicted molar refractivity (Wildman–Crippen MR) is 108 cm³/mol. The molecule has 1 aliphatic heterocycles. The van der Waals surface area contributed by atoms with Crippen LogP contribution in [0.4, 0.5) is 0 Å². The van der Waals surface area contributed by atoms with Crippen LogP contribution in [0.1, 0.15) is 48.2 Å². The lowest BCUT2D eigenvalue weighted by molar-refractivity contribution is 0.177. The molecule has 1 aromatic carbocycles. The van der Waals surface area contributed by atoms with Crippen molar-refractivity contribution in [1.29, 1.82) is 0 Å². The van der Waals surface area contributed by atoms with Gasteiger partial charge in [-0.05, 0) is 69.0 Å². The zero-order chi connectivity index (χ0) is 18.4. The number of hydrogen-bond acceptors (Lipinski definition) is 4. The molecule has 1 aromatic heterocycles. The maximum atomic E-state index is 5.72. The number of nitrogens with two attached hydrogens (primary N) is 1. The second-order valence-electron chi connectivity index (χ2n) is 7.42. The molecule has 0 fully saturated rings. The Bertz CT molecular complexity index is 700. The third-order valence-electron chi connectivity index (χ3n) is 5.51. The van der Waals surface area contributed by atoms with Crippen molar-refractivity contribution in [3.05, 3.63) is 65.0 Å². The van der Waals surface area contributed by atoms with E-state index < -0.39 is 0 Å². The Morgan fingerprint density at radius 1 is 1.19 bits per heavy atom. The minimum absolute atomic E-state index is 0.313. The van der Waals surface area contributed by atoms with Crippen molar-refractivity contribution in [3.8, 4) is 0 Å². The van der Waals surface area contributed by atoms with E-state index in [9.17, 15) is 0 Å². The van der Waals surface area contributed by atoms with Crippen molar-refractivity contribution in [1.82, 2.24) is 15.2 Å². The molecule has 0 saturated heterocycles. The van der Waals surface area contributed by atoms with Gasteiger partial charge in [0.15, 0.2) is 0 Å². The smallest absolute Gasteiger partial charge is 0.0601 e. The van der Waals surface area contributed by atoms with Crippen LogP contribution in [0.5, 0.6) is 0 Å². The number of aryl methyl sites for hydroxylation is 1. The van der Waals surface area contributed by atoms with Gasteiger partial charge in [-0.15, -0.1) is 0 Å². The van der Waals surface area contributed by atoms with E-state index in [0.717, 1.165) is 45.4 Å². The number of benzene rings is 1. The van der Waals surface area contributed by atoms with E-state index in [-0.39, 0.29) is 0 Å². The van der Waals surface area contributed by atoms with Crippen LogP contribution >= 0.6 is 0 Å². The summed E-state index contributed by atoms with van der Waals surface area (Å²) in [5.41, 5.74) is 11.1. The number of nitrogens with zero attached hydrogens (tertiary/aromatic N) is 2. The summed E-state index contributed by atoms with van der Waals surface area (Å²) < 4.78 is 0. The summed E-state index contributed by atoms with van der Waals surface area (Å²) in [7, 11) is 0. The fourth-order valence-corrected chi connectivity index (χ4v) is 3.94. The molecule has 4 nitrogen and oxygen atoms in total. The number of rotatable bonds is 8. The SMILES string of the molecule is Cc1cccnc1[C@@H](C)N(CCCCN)C[C@H]1Cc2ccccc2CN1. The highest BCUT2D eigenvalue weighted by Gasteiger charge is 2.24. The van der Waals surface area contributed by atoms with E-state index >= 15 is 0 Å². The highest BCUT2D eigenvalue weighted by molar-refractivity contribution is 5.30. The Kier molecular flexibility index (Phi) is 6.78. The quantitative estimate of drug-likeness (QED) is 0.716. The molecule has 140 valence electrons. The topological polar surface area (TPSA) is 54.2 Å². The summed E-state index contributed by atoms with van der Waals surface area (Å²) in [6, 6.07) is 13.8. The normalized spacial score (nSPS) is 17.9. The second kappa shape index (κ2) is 9.26. The van der Waals surface area contributed by atoms with Crippen molar-refractivity contribution < 1.29 is 0 Å². The lowest BCUT2D eigenvalue weighted by atomic mass is 9.95. The Labute approximate surface area is 157 Å². The first-order chi connectivity index (χ1) is 12.7. The molecular formula is C22H32N4. The Morgan fingerprint density at radius 3 is 2.77 bits per heavy atom. The highest BCUT2D eigenvalue weighted by atomic mass is 15.2. The third kappa shape index (κ3) is 4.70. The monoisotopic (exact) mass is 352 g/mol. The Hall–Kier alpha value is -1.75. The van der Waals surface area contributed by atoms with Crippen LogP contribution in [-0.4, -0.2) is 35.6 Å². The van der Waals surface area contributed by atoms with E-state index in [4.69, 9.17) is 5.73 Å². The second-order valence-corrected chi connectivity index (χ2v) is 7.42. The first kappa shape index (κ1) is 19.0. The van der Waals surface area contributed by atoms with Gasteiger partial charge in [0.1, 0.15) is 0 Å². The molecule has 2 atom stereocenters. The maximum Gasteiger partial charge on any atom is 0.0601 e. The molecule has 2 heterocycles. The molecule has 0 aliphatic carbocycles. The molecule has 3 N–H and O–H groups in total. The summed E-state index contributed by atoms with van der Waals surface area (Å²) in [5.74, 6) is 0. The molecule has 0 radical (unpaired) electrons. The maximum absolute atomic E-state index is 5.72. The summed E-state index contributed by atoms with van der Waals surface area (Å²) in [4.78, 5) is 7.25. The van der Waals surface area contributed by atoms with E-state index in [1.165, 1.54) is 22.4 Å². The molecule has 3 rings (SSSR count). The molecule has 1 aliphatic rings. The lowest BCUT2D eigenvalue weighted by Gasteiger charge is -2.35. The van der Waals surface area contributed by atoms with Gasteiger partial charge in [-0.25, -0.2) is 0 Å². The van der Waals surface area contributed by atoms with Crippen molar-refractivity contribution >= 4 is 0 Å². The number of nitrogens with one attached hydrogen (secondary N) is 1. The summed E-state index contributed by atoms with van der Waals surface area (Å²) >= 11 is 0. The van der Waals surface area contributed by atoms with Crippen molar-refractivity contribution in [2.24, 2.45) is 5.73 Å². The Morgan fingerprint density at radius 2 is 2.00 bits per heavy atom. The van der Waals surface area contributed by atoms with Crippen LogP contribution in [0.25, 0.3) is 0 Å². The fourth-order valence-electron chi connectivity index (χ4n) is 3.94. The van der Waals surface area contributed by atoms with Gasteiger partial charge in [0.25, 0.3) is 0 Å². The van der Waals surface area contributed by atoms with E-state index in [0.29, 0.717) is 12.1 Å². The first-order valence-corrected chi connectivity index (χ1v) is 9.85. The zero-order valence-corrected chi connectivity index (χ0v) is 16.1. The standard InChI is InChI=1S/C22H32N4/c1-17-8-7-12-24-22(17)18(2)26(13-6-5-11-23)16-21-14-19-9-3-4-10-20(19)15-25-21/h3-4,7-10,12,18,21,25H,5-6,11,13-16,23H2,1-2H3/t18-,21-/m1/s1.